The molecule has 7 aromatic carbocycles. The third-order valence-electron chi connectivity index (χ3n) is 9.80. The first-order valence-electron chi connectivity index (χ1n) is 16.4. The van der Waals surface area contributed by atoms with E-state index >= 15 is 0 Å². The van der Waals surface area contributed by atoms with Gasteiger partial charge in [-0.25, -0.2) is 9.97 Å². The van der Waals surface area contributed by atoms with Gasteiger partial charge in [-0.1, -0.05) is 121 Å². The van der Waals surface area contributed by atoms with Gasteiger partial charge in [0.2, 0.25) is 0 Å². The predicted octanol–water partition coefficient (Wildman–Crippen LogP) is 12.8. The molecular weight excluding hydrogens is 635 g/mol. The van der Waals surface area contributed by atoms with E-state index in [0.29, 0.717) is 0 Å². The average molecular weight is 660 g/mol. The van der Waals surface area contributed by atoms with Gasteiger partial charge in [-0.15, -0.1) is 22.7 Å². The molecule has 0 saturated carbocycles. The Hall–Kier alpha value is -5.88. The number of aromatic nitrogens is 3. The quantitative estimate of drug-likeness (QED) is 0.189. The first-order chi connectivity index (χ1) is 24.3. The largest absolute Gasteiger partial charge is 0.308 e. The molecule has 0 aliphatic carbocycles. The molecule has 228 valence electrons. The Morgan fingerprint density at radius 3 is 1.80 bits per heavy atom. The van der Waals surface area contributed by atoms with Crippen LogP contribution in [0.5, 0.6) is 0 Å². The number of thiophene rings is 2. The minimum absolute atomic E-state index is 0.747. The second-order valence-electron chi connectivity index (χ2n) is 12.5. The summed E-state index contributed by atoms with van der Waals surface area (Å²) in [7, 11) is 0. The third-order valence-corrected chi connectivity index (χ3v) is 12.1. The molecule has 4 heterocycles. The van der Waals surface area contributed by atoms with Gasteiger partial charge in [0.25, 0.3) is 0 Å². The summed E-state index contributed by atoms with van der Waals surface area (Å²) in [4.78, 5) is 10.3. The van der Waals surface area contributed by atoms with Crippen molar-refractivity contribution in [3.8, 4) is 28.3 Å². The van der Waals surface area contributed by atoms with E-state index in [-0.39, 0.29) is 0 Å². The van der Waals surface area contributed by atoms with Crippen LogP contribution in [0.25, 0.3) is 101 Å². The Morgan fingerprint density at radius 2 is 1.02 bits per heavy atom. The van der Waals surface area contributed by atoms with Crippen LogP contribution < -0.4 is 0 Å². The topological polar surface area (TPSA) is 30.7 Å². The van der Waals surface area contributed by atoms with Gasteiger partial charge in [0.05, 0.1) is 31.6 Å². The Bertz CT molecular complexity index is 3090. The highest BCUT2D eigenvalue weighted by Gasteiger charge is 2.22. The summed E-state index contributed by atoms with van der Waals surface area (Å²) in [6.07, 6.45) is 0. The Labute approximate surface area is 289 Å². The van der Waals surface area contributed by atoms with Gasteiger partial charge in [-0.3, -0.25) is 0 Å². The van der Waals surface area contributed by atoms with Crippen LogP contribution in [0.1, 0.15) is 0 Å². The molecule has 49 heavy (non-hydrogen) atoms. The number of hydrogen-bond donors (Lipinski definition) is 0. The summed E-state index contributed by atoms with van der Waals surface area (Å²) in [6, 6.07) is 54.4. The van der Waals surface area contributed by atoms with E-state index in [9.17, 15) is 0 Å². The van der Waals surface area contributed by atoms with Crippen molar-refractivity contribution < 1.29 is 0 Å². The SMILES string of the molecule is c1ccc(-c2nc(-c3ccc(-n4c5ccccc5c5c6ccccc6c6c7ccccc7sc6c54)cc3)c3sc4ccccc4c3n2)cc1. The maximum atomic E-state index is 5.22. The molecule has 11 rings (SSSR count). The number of para-hydroxylation sites is 1. The van der Waals surface area contributed by atoms with Crippen molar-refractivity contribution in [1.82, 2.24) is 14.5 Å². The van der Waals surface area contributed by atoms with Crippen molar-refractivity contribution in [2.75, 3.05) is 0 Å². The van der Waals surface area contributed by atoms with Crippen LogP contribution in [0, 0.1) is 0 Å². The van der Waals surface area contributed by atoms with Gasteiger partial charge >= 0.3 is 0 Å². The molecule has 4 aromatic heterocycles. The number of hydrogen-bond acceptors (Lipinski definition) is 4. The summed E-state index contributed by atoms with van der Waals surface area (Å²) in [5, 5.41) is 9.01. The van der Waals surface area contributed by atoms with Gasteiger partial charge in [0.15, 0.2) is 5.82 Å². The Balaban J connectivity index is 1.19. The van der Waals surface area contributed by atoms with E-state index in [1.54, 1.807) is 11.3 Å². The Morgan fingerprint density at radius 1 is 0.429 bits per heavy atom. The van der Waals surface area contributed by atoms with E-state index in [1.165, 1.54) is 62.8 Å². The molecular formula is C44H25N3S2. The van der Waals surface area contributed by atoms with Gasteiger partial charge in [0.1, 0.15) is 0 Å². The Kier molecular flexibility index (Phi) is 5.70. The molecule has 3 nitrogen and oxygen atoms in total. The smallest absolute Gasteiger partial charge is 0.160 e. The molecule has 0 amide bonds. The highest BCUT2D eigenvalue weighted by Crippen LogP contribution is 2.48. The fourth-order valence-corrected chi connectivity index (χ4v) is 10.1. The van der Waals surface area contributed by atoms with Crippen LogP contribution in [-0.4, -0.2) is 14.5 Å². The summed E-state index contributed by atoms with van der Waals surface area (Å²) in [6.45, 7) is 0. The van der Waals surface area contributed by atoms with E-state index < -0.39 is 0 Å². The lowest BCUT2D eigenvalue weighted by Crippen LogP contribution is -1.96. The fourth-order valence-electron chi connectivity index (χ4n) is 7.67. The van der Waals surface area contributed by atoms with E-state index in [0.717, 1.165) is 38.5 Å². The number of rotatable bonds is 3. The van der Waals surface area contributed by atoms with Crippen LogP contribution in [0.3, 0.4) is 0 Å². The highest BCUT2D eigenvalue weighted by atomic mass is 32.1. The molecule has 0 bridgehead atoms. The fraction of sp³-hybridized carbons (Fsp3) is 0. The van der Waals surface area contributed by atoms with Crippen LogP contribution in [0.4, 0.5) is 0 Å². The normalized spacial score (nSPS) is 12.1. The van der Waals surface area contributed by atoms with Gasteiger partial charge in [0, 0.05) is 53.1 Å². The standard InChI is InChI=1S/C44H25N3S2/c1-2-12-27(13-3-1)44-45-39(43-40(46-44)33-18-8-11-21-36(33)49-43)26-22-24-28(25-23-26)47-34-19-9-6-16-31(34)37-29-14-4-5-15-30(29)38-32-17-7-10-20-35(32)48-42(38)41(37)47/h1-25H. The third kappa shape index (κ3) is 3.88. The van der Waals surface area contributed by atoms with Crippen molar-refractivity contribution >= 4 is 95.7 Å². The van der Waals surface area contributed by atoms with Crippen LogP contribution >= 0.6 is 22.7 Å². The van der Waals surface area contributed by atoms with E-state index in [2.05, 4.69) is 138 Å². The second-order valence-corrected chi connectivity index (χ2v) is 14.6. The molecule has 11 aromatic rings. The van der Waals surface area contributed by atoms with Crippen molar-refractivity contribution in [3.05, 3.63) is 152 Å². The van der Waals surface area contributed by atoms with Crippen LogP contribution in [-0.2, 0) is 0 Å². The summed E-state index contributed by atoms with van der Waals surface area (Å²) in [5.41, 5.74) is 7.69. The zero-order valence-corrected chi connectivity index (χ0v) is 27.7. The molecule has 0 radical (unpaired) electrons. The first-order valence-corrected chi connectivity index (χ1v) is 18.1. The molecule has 0 spiro atoms. The molecule has 0 aliphatic heterocycles. The molecule has 0 aliphatic rings. The molecule has 0 atom stereocenters. The number of fused-ring (bicyclic) bond motifs is 13. The first kappa shape index (κ1) is 27.1. The second kappa shape index (κ2) is 10.3. The monoisotopic (exact) mass is 659 g/mol. The predicted molar refractivity (Wildman–Crippen MR) is 211 cm³/mol. The number of benzene rings is 7. The minimum atomic E-state index is 0.747. The lowest BCUT2D eigenvalue weighted by molar-refractivity contribution is 1.19. The van der Waals surface area contributed by atoms with Crippen molar-refractivity contribution in [2.24, 2.45) is 0 Å². The molecule has 0 unspecified atom stereocenters. The lowest BCUT2D eigenvalue weighted by Gasteiger charge is -2.12. The van der Waals surface area contributed by atoms with Crippen molar-refractivity contribution in [1.29, 1.82) is 0 Å². The average Bonchev–Trinajstić information content (AvgIpc) is 3.85. The van der Waals surface area contributed by atoms with Crippen LogP contribution in [0.15, 0.2) is 152 Å². The van der Waals surface area contributed by atoms with Crippen molar-refractivity contribution in [3.63, 3.8) is 0 Å². The summed E-state index contributed by atoms with van der Waals surface area (Å²) >= 11 is 3.66. The van der Waals surface area contributed by atoms with E-state index in [1.807, 2.05) is 29.5 Å². The zero-order chi connectivity index (χ0) is 32.1. The number of nitrogens with zero attached hydrogens (tertiary/aromatic N) is 3. The maximum absolute atomic E-state index is 5.22. The summed E-state index contributed by atoms with van der Waals surface area (Å²) in [5.74, 6) is 0.747. The lowest BCUT2D eigenvalue weighted by atomic mass is 9.99. The van der Waals surface area contributed by atoms with Crippen LogP contribution in [0.2, 0.25) is 0 Å². The molecule has 0 saturated heterocycles. The molecule has 0 N–H and O–H groups in total. The maximum Gasteiger partial charge on any atom is 0.160 e. The highest BCUT2D eigenvalue weighted by molar-refractivity contribution is 7.27. The van der Waals surface area contributed by atoms with Gasteiger partial charge < -0.3 is 4.57 Å². The van der Waals surface area contributed by atoms with Crippen molar-refractivity contribution in [2.45, 2.75) is 0 Å². The van der Waals surface area contributed by atoms with Gasteiger partial charge in [-0.05, 0) is 41.1 Å². The van der Waals surface area contributed by atoms with E-state index in [4.69, 9.17) is 9.97 Å². The minimum Gasteiger partial charge on any atom is -0.308 e. The molecule has 0 fully saturated rings. The van der Waals surface area contributed by atoms with Gasteiger partial charge in [-0.2, -0.15) is 0 Å². The summed E-state index contributed by atoms with van der Waals surface area (Å²) < 4.78 is 7.45. The zero-order valence-electron chi connectivity index (χ0n) is 26.1. The molecule has 5 heteroatoms.